The van der Waals surface area contributed by atoms with Crippen molar-refractivity contribution in [1.29, 1.82) is 0 Å². The average Bonchev–Trinajstić information content (AvgIpc) is 2.40. The lowest BCUT2D eigenvalue weighted by molar-refractivity contribution is 0.481. The maximum atomic E-state index is 11.3. The van der Waals surface area contributed by atoms with Gasteiger partial charge in [0, 0.05) is 8.07 Å². The molecular formula is C17H30O3SSi. The van der Waals surface area contributed by atoms with E-state index in [-0.39, 0.29) is 4.90 Å². The van der Waals surface area contributed by atoms with E-state index >= 15 is 0 Å². The molecule has 126 valence electrons. The molecule has 0 aliphatic heterocycles. The van der Waals surface area contributed by atoms with E-state index in [1.165, 1.54) is 37.8 Å². The fourth-order valence-electron chi connectivity index (χ4n) is 2.64. The number of hydrogen-bond acceptors (Lipinski definition) is 2. The molecule has 3 nitrogen and oxygen atoms in total. The van der Waals surface area contributed by atoms with Crippen LogP contribution in [0.1, 0.15) is 44.1 Å². The predicted octanol–water partition coefficient (Wildman–Crippen LogP) is 5.15. The monoisotopic (exact) mass is 342 g/mol. The normalized spacial score (nSPS) is 12.5. The molecule has 0 aliphatic carbocycles. The lowest BCUT2D eigenvalue weighted by Gasteiger charge is -2.14. The number of rotatable bonds is 10. The second kappa shape index (κ2) is 8.84. The molecule has 0 radical (unpaired) electrons. The summed E-state index contributed by atoms with van der Waals surface area (Å²) >= 11 is 0. The summed E-state index contributed by atoms with van der Waals surface area (Å²) in [6.07, 6.45) is 7.94. The van der Waals surface area contributed by atoms with Crippen molar-refractivity contribution in [2.75, 3.05) is 0 Å². The van der Waals surface area contributed by atoms with Gasteiger partial charge in [-0.2, -0.15) is 8.42 Å². The van der Waals surface area contributed by atoms with Gasteiger partial charge in [0.2, 0.25) is 0 Å². The Bertz CT molecular complexity index is 547. The van der Waals surface area contributed by atoms with Gasteiger partial charge in [-0.3, -0.25) is 4.55 Å². The van der Waals surface area contributed by atoms with Crippen LogP contribution >= 0.6 is 0 Å². The van der Waals surface area contributed by atoms with Crippen LogP contribution in [0.2, 0.25) is 25.7 Å². The third-order valence-electron chi connectivity index (χ3n) is 3.87. The molecule has 0 bridgehead atoms. The zero-order valence-electron chi connectivity index (χ0n) is 14.1. The van der Waals surface area contributed by atoms with Crippen molar-refractivity contribution in [2.45, 2.75) is 75.5 Å². The van der Waals surface area contributed by atoms with Crippen LogP contribution in [0, 0.1) is 0 Å². The first-order valence-corrected chi connectivity index (χ1v) is 13.4. The average molecular weight is 343 g/mol. The molecule has 0 saturated carbocycles. The van der Waals surface area contributed by atoms with Crippen LogP contribution in [0.5, 0.6) is 0 Å². The maximum absolute atomic E-state index is 11.3. The summed E-state index contributed by atoms with van der Waals surface area (Å²) in [6, 6.07) is 8.14. The van der Waals surface area contributed by atoms with Gasteiger partial charge < -0.3 is 0 Å². The number of unbranched alkanes of at least 4 members (excludes halogenated alkanes) is 5. The summed E-state index contributed by atoms with van der Waals surface area (Å²) in [7, 11) is -4.98. The Labute approximate surface area is 136 Å². The molecule has 0 aromatic heterocycles. The van der Waals surface area contributed by atoms with Gasteiger partial charge in [-0.25, -0.2) is 0 Å². The van der Waals surface area contributed by atoms with E-state index in [9.17, 15) is 13.0 Å². The van der Waals surface area contributed by atoms with Crippen molar-refractivity contribution in [2.24, 2.45) is 0 Å². The number of benzene rings is 1. The summed E-state index contributed by atoms with van der Waals surface area (Å²) in [5, 5.41) is 0. The molecule has 0 saturated heterocycles. The molecule has 0 spiro atoms. The minimum Gasteiger partial charge on any atom is -0.282 e. The number of hydrogen-bond donors (Lipinski definition) is 1. The third kappa shape index (κ3) is 8.10. The minimum atomic E-state index is -4.10. The fourth-order valence-corrected chi connectivity index (χ4v) is 4.70. The quantitative estimate of drug-likeness (QED) is 0.363. The van der Waals surface area contributed by atoms with Gasteiger partial charge in [-0.15, -0.1) is 0 Å². The second-order valence-electron chi connectivity index (χ2n) is 7.26. The van der Waals surface area contributed by atoms with Crippen LogP contribution in [0.15, 0.2) is 29.2 Å². The highest BCUT2D eigenvalue weighted by molar-refractivity contribution is 7.85. The smallest absolute Gasteiger partial charge is 0.282 e. The van der Waals surface area contributed by atoms with E-state index in [2.05, 4.69) is 19.6 Å². The van der Waals surface area contributed by atoms with Crippen molar-refractivity contribution >= 4 is 18.2 Å². The lowest BCUT2D eigenvalue weighted by atomic mass is 10.1. The number of aryl methyl sites for hydroxylation is 1. The molecule has 0 amide bonds. The molecule has 0 atom stereocenters. The highest BCUT2D eigenvalue weighted by Crippen LogP contribution is 2.19. The van der Waals surface area contributed by atoms with Crippen molar-refractivity contribution in [1.82, 2.24) is 0 Å². The van der Waals surface area contributed by atoms with Crippen molar-refractivity contribution in [3.63, 3.8) is 0 Å². The molecule has 5 heteroatoms. The predicted molar refractivity (Wildman–Crippen MR) is 95.8 cm³/mol. The third-order valence-corrected chi connectivity index (χ3v) is 6.68. The van der Waals surface area contributed by atoms with Crippen LogP contribution in [-0.4, -0.2) is 21.0 Å². The molecule has 1 aromatic carbocycles. The van der Waals surface area contributed by atoms with Crippen LogP contribution in [0.3, 0.4) is 0 Å². The first-order valence-electron chi connectivity index (χ1n) is 8.25. The fraction of sp³-hybridized carbons (Fsp3) is 0.647. The molecule has 0 heterocycles. The zero-order chi connectivity index (χ0) is 16.6. The largest absolute Gasteiger partial charge is 0.294 e. The summed E-state index contributed by atoms with van der Waals surface area (Å²) in [4.78, 5) is 0.0603. The molecule has 1 aromatic rings. The van der Waals surface area contributed by atoms with Crippen molar-refractivity contribution in [3.05, 3.63) is 29.8 Å². The molecule has 1 rings (SSSR count). The van der Waals surface area contributed by atoms with Gasteiger partial charge in [-0.1, -0.05) is 76.0 Å². The van der Waals surface area contributed by atoms with Gasteiger partial charge in [0.1, 0.15) is 0 Å². The first kappa shape index (κ1) is 19.4. The van der Waals surface area contributed by atoms with E-state index in [0.29, 0.717) is 6.42 Å². The summed E-state index contributed by atoms with van der Waals surface area (Å²) in [5.74, 6) is 0. The highest BCUT2D eigenvalue weighted by atomic mass is 32.2. The SMILES string of the molecule is C[Si](C)(C)CCCCCCCCc1ccccc1S(=O)(=O)O. The Morgan fingerprint density at radius 2 is 1.45 bits per heavy atom. The molecule has 1 N–H and O–H groups in total. The molecule has 0 fully saturated rings. The Balaban J connectivity index is 2.24. The van der Waals surface area contributed by atoms with E-state index in [1.807, 2.05) is 6.07 Å². The second-order valence-corrected chi connectivity index (χ2v) is 14.3. The summed E-state index contributed by atoms with van der Waals surface area (Å²) in [5.41, 5.74) is 0.726. The molecule has 0 aliphatic rings. The van der Waals surface area contributed by atoms with Crippen LogP contribution < -0.4 is 0 Å². The maximum Gasteiger partial charge on any atom is 0.294 e. The van der Waals surface area contributed by atoms with Gasteiger partial charge in [0.25, 0.3) is 10.1 Å². The summed E-state index contributed by atoms with van der Waals surface area (Å²) < 4.78 is 31.8. The minimum absolute atomic E-state index is 0.0603. The highest BCUT2D eigenvalue weighted by Gasteiger charge is 2.14. The lowest BCUT2D eigenvalue weighted by Crippen LogP contribution is -2.18. The van der Waals surface area contributed by atoms with E-state index in [4.69, 9.17) is 0 Å². The Kier molecular flexibility index (Phi) is 7.80. The van der Waals surface area contributed by atoms with Gasteiger partial charge >= 0.3 is 0 Å². The topological polar surface area (TPSA) is 54.4 Å². The molecular weight excluding hydrogens is 312 g/mol. The van der Waals surface area contributed by atoms with E-state index in [0.717, 1.165) is 18.4 Å². The molecule has 0 unspecified atom stereocenters. The Morgan fingerprint density at radius 1 is 0.909 bits per heavy atom. The Hall–Kier alpha value is -0.653. The zero-order valence-corrected chi connectivity index (χ0v) is 16.0. The molecule has 22 heavy (non-hydrogen) atoms. The van der Waals surface area contributed by atoms with Crippen LogP contribution in [-0.2, 0) is 16.5 Å². The van der Waals surface area contributed by atoms with Gasteiger partial charge in [0.15, 0.2) is 0 Å². The van der Waals surface area contributed by atoms with E-state index in [1.54, 1.807) is 12.1 Å². The van der Waals surface area contributed by atoms with Gasteiger partial charge in [-0.05, 0) is 24.5 Å². The first-order chi connectivity index (χ1) is 10.2. The van der Waals surface area contributed by atoms with Crippen molar-refractivity contribution in [3.8, 4) is 0 Å². The Morgan fingerprint density at radius 3 is 2.05 bits per heavy atom. The van der Waals surface area contributed by atoms with Crippen LogP contribution in [0.25, 0.3) is 0 Å². The van der Waals surface area contributed by atoms with E-state index < -0.39 is 18.2 Å². The van der Waals surface area contributed by atoms with Crippen LogP contribution in [0.4, 0.5) is 0 Å². The van der Waals surface area contributed by atoms with Crippen molar-refractivity contribution < 1.29 is 13.0 Å². The summed E-state index contributed by atoms with van der Waals surface area (Å²) in [6.45, 7) is 7.25. The standard InChI is InChI=1S/C17H30O3SSi/c1-22(2,3)15-11-7-5-4-6-8-12-16-13-9-10-14-17(16)21(18,19)20/h9-10,13-14H,4-8,11-12,15H2,1-3H3,(H,18,19,20). The van der Waals surface area contributed by atoms with Gasteiger partial charge in [0.05, 0.1) is 4.90 Å².